The molecule has 1 heterocycles. The molecule has 1 aromatic heterocycles. The van der Waals surface area contributed by atoms with Crippen LogP contribution in [0.1, 0.15) is 11.3 Å². The summed E-state index contributed by atoms with van der Waals surface area (Å²) in [7, 11) is 3.13. The van der Waals surface area contributed by atoms with Gasteiger partial charge in [-0.1, -0.05) is 6.07 Å². The number of carbonyl (C=O) groups excluding carboxylic acids is 1. The average molecular weight is 396 g/mol. The van der Waals surface area contributed by atoms with Crippen molar-refractivity contribution in [2.24, 2.45) is 0 Å². The second-order valence-electron chi connectivity index (χ2n) is 6.13. The van der Waals surface area contributed by atoms with Gasteiger partial charge in [-0.15, -0.1) is 0 Å². The number of halogens is 1. The Kier molecular flexibility index (Phi) is 6.57. The molecule has 3 rings (SSSR count). The highest BCUT2D eigenvalue weighted by Crippen LogP contribution is 2.27. The number of urea groups is 1. The second kappa shape index (κ2) is 9.50. The molecule has 0 atom stereocenters. The van der Waals surface area contributed by atoms with Crippen LogP contribution in [0.3, 0.4) is 0 Å². The van der Waals surface area contributed by atoms with Crippen molar-refractivity contribution in [2.75, 3.05) is 14.2 Å². The molecule has 8 heteroatoms. The van der Waals surface area contributed by atoms with E-state index in [0.717, 1.165) is 11.1 Å². The molecule has 29 heavy (non-hydrogen) atoms. The fourth-order valence-corrected chi connectivity index (χ4v) is 2.68. The molecule has 0 bridgehead atoms. The number of amides is 2. The molecule has 0 spiro atoms. The number of nitrogens with one attached hydrogen (secondary N) is 2. The standard InChI is InChI=1S/C21H21FN4O3/c1-28-19-8-3-14(9-20(19)29-2)11-23-21(27)24-12-17-10-18(26-13-25-17)15-4-6-16(22)7-5-15/h3-10,13H,11-12H2,1-2H3,(H2,23,24,27). The van der Waals surface area contributed by atoms with Crippen molar-refractivity contribution < 1.29 is 18.7 Å². The summed E-state index contributed by atoms with van der Waals surface area (Å²) in [4.78, 5) is 20.4. The lowest BCUT2D eigenvalue weighted by molar-refractivity contribution is 0.240. The topological polar surface area (TPSA) is 85.4 Å². The minimum absolute atomic E-state index is 0.231. The van der Waals surface area contributed by atoms with Crippen LogP contribution in [0.2, 0.25) is 0 Å². The first-order chi connectivity index (χ1) is 14.1. The van der Waals surface area contributed by atoms with Crippen molar-refractivity contribution in [3.05, 3.63) is 71.9 Å². The first kappa shape index (κ1) is 20.1. The Hall–Kier alpha value is -3.68. The van der Waals surface area contributed by atoms with Crippen LogP contribution in [0.5, 0.6) is 11.5 Å². The molecule has 0 fully saturated rings. The molecule has 0 radical (unpaired) electrons. The quantitative estimate of drug-likeness (QED) is 0.640. The molecule has 0 saturated heterocycles. The molecule has 0 unspecified atom stereocenters. The van der Waals surface area contributed by atoms with Gasteiger partial charge in [0.25, 0.3) is 0 Å². The molecule has 0 aliphatic carbocycles. The average Bonchev–Trinajstić information content (AvgIpc) is 2.76. The highest BCUT2D eigenvalue weighted by Gasteiger charge is 2.07. The van der Waals surface area contributed by atoms with E-state index in [2.05, 4.69) is 20.6 Å². The number of methoxy groups -OCH3 is 2. The highest BCUT2D eigenvalue weighted by atomic mass is 19.1. The van der Waals surface area contributed by atoms with E-state index in [1.165, 1.54) is 18.5 Å². The summed E-state index contributed by atoms with van der Waals surface area (Å²) in [6.45, 7) is 0.561. The van der Waals surface area contributed by atoms with Crippen LogP contribution < -0.4 is 20.1 Å². The van der Waals surface area contributed by atoms with E-state index in [1.54, 1.807) is 44.6 Å². The maximum atomic E-state index is 13.1. The third-order valence-electron chi connectivity index (χ3n) is 4.19. The van der Waals surface area contributed by atoms with Gasteiger partial charge in [-0.3, -0.25) is 0 Å². The summed E-state index contributed by atoms with van der Waals surface area (Å²) in [5, 5.41) is 5.53. The summed E-state index contributed by atoms with van der Waals surface area (Å²) in [6.07, 6.45) is 1.41. The second-order valence-corrected chi connectivity index (χ2v) is 6.13. The zero-order chi connectivity index (χ0) is 20.6. The van der Waals surface area contributed by atoms with Gasteiger partial charge in [-0.25, -0.2) is 19.2 Å². The van der Waals surface area contributed by atoms with E-state index in [4.69, 9.17) is 9.47 Å². The minimum atomic E-state index is -0.332. The maximum Gasteiger partial charge on any atom is 0.315 e. The lowest BCUT2D eigenvalue weighted by Crippen LogP contribution is -2.34. The Labute approximate surface area is 167 Å². The largest absolute Gasteiger partial charge is 0.493 e. The van der Waals surface area contributed by atoms with E-state index in [0.29, 0.717) is 29.4 Å². The Balaban J connectivity index is 1.54. The van der Waals surface area contributed by atoms with Gasteiger partial charge >= 0.3 is 6.03 Å². The smallest absolute Gasteiger partial charge is 0.315 e. The van der Waals surface area contributed by atoms with Crippen molar-refractivity contribution in [3.63, 3.8) is 0 Å². The van der Waals surface area contributed by atoms with Crippen molar-refractivity contribution in [3.8, 4) is 22.8 Å². The van der Waals surface area contributed by atoms with Gasteiger partial charge in [0.2, 0.25) is 0 Å². The Bertz CT molecular complexity index is 980. The molecule has 150 valence electrons. The SMILES string of the molecule is COc1ccc(CNC(=O)NCc2cc(-c3ccc(F)cc3)ncn2)cc1OC. The van der Waals surface area contributed by atoms with Gasteiger partial charge in [0.1, 0.15) is 12.1 Å². The van der Waals surface area contributed by atoms with E-state index in [9.17, 15) is 9.18 Å². The third-order valence-corrected chi connectivity index (χ3v) is 4.19. The summed E-state index contributed by atoms with van der Waals surface area (Å²) in [6, 6.07) is 12.9. The van der Waals surface area contributed by atoms with Crippen LogP contribution in [-0.2, 0) is 13.1 Å². The maximum absolute atomic E-state index is 13.1. The lowest BCUT2D eigenvalue weighted by atomic mass is 10.1. The molecule has 2 N–H and O–H groups in total. The number of rotatable bonds is 7. The third kappa shape index (κ3) is 5.41. The van der Waals surface area contributed by atoms with Crippen LogP contribution >= 0.6 is 0 Å². The summed E-state index contributed by atoms with van der Waals surface area (Å²) < 4.78 is 23.5. The van der Waals surface area contributed by atoms with Gasteiger partial charge < -0.3 is 20.1 Å². The minimum Gasteiger partial charge on any atom is -0.493 e. The zero-order valence-electron chi connectivity index (χ0n) is 16.1. The molecule has 0 saturated carbocycles. The highest BCUT2D eigenvalue weighted by molar-refractivity contribution is 5.73. The Morgan fingerprint density at radius 3 is 2.38 bits per heavy atom. The summed E-state index contributed by atoms with van der Waals surface area (Å²) in [5.41, 5.74) is 2.94. The molecular formula is C21H21FN4O3. The Morgan fingerprint density at radius 2 is 1.66 bits per heavy atom. The summed E-state index contributed by atoms with van der Waals surface area (Å²) >= 11 is 0. The van der Waals surface area contributed by atoms with Crippen LogP contribution in [0.4, 0.5) is 9.18 Å². The number of aromatic nitrogens is 2. The molecule has 7 nitrogen and oxygen atoms in total. The zero-order valence-corrected chi connectivity index (χ0v) is 16.1. The molecule has 0 aliphatic rings. The Morgan fingerprint density at radius 1 is 0.931 bits per heavy atom. The molecule has 2 amide bonds. The lowest BCUT2D eigenvalue weighted by Gasteiger charge is -2.11. The predicted molar refractivity (Wildman–Crippen MR) is 106 cm³/mol. The number of ether oxygens (including phenoxy) is 2. The monoisotopic (exact) mass is 396 g/mol. The number of hydrogen-bond donors (Lipinski definition) is 2. The molecule has 2 aromatic carbocycles. The van der Waals surface area contributed by atoms with Crippen molar-refractivity contribution in [2.45, 2.75) is 13.1 Å². The fourth-order valence-electron chi connectivity index (χ4n) is 2.68. The van der Waals surface area contributed by atoms with Gasteiger partial charge in [0.15, 0.2) is 11.5 Å². The fraction of sp³-hybridized carbons (Fsp3) is 0.190. The number of benzene rings is 2. The number of nitrogens with zero attached hydrogens (tertiary/aromatic N) is 2. The first-order valence-corrected chi connectivity index (χ1v) is 8.88. The molecule has 3 aromatic rings. The van der Waals surface area contributed by atoms with Gasteiger partial charge in [-0.05, 0) is 48.0 Å². The van der Waals surface area contributed by atoms with Crippen molar-refractivity contribution in [1.29, 1.82) is 0 Å². The van der Waals surface area contributed by atoms with Gasteiger partial charge in [0, 0.05) is 12.1 Å². The van der Waals surface area contributed by atoms with Crippen LogP contribution in [0.25, 0.3) is 11.3 Å². The van der Waals surface area contributed by atoms with Crippen LogP contribution in [0, 0.1) is 5.82 Å². The van der Waals surface area contributed by atoms with E-state index < -0.39 is 0 Å². The van der Waals surface area contributed by atoms with Crippen LogP contribution in [-0.4, -0.2) is 30.2 Å². The van der Waals surface area contributed by atoms with E-state index in [1.807, 2.05) is 6.07 Å². The van der Waals surface area contributed by atoms with Gasteiger partial charge in [0.05, 0.1) is 32.2 Å². The van der Waals surface area contributed by atoms with Crippen LogP contribution in [0.15, 0.2) is 54.9 Å². The summed E-state index contributed by atoms with van der Waals surface area (Å²) in [5.74, 6) is 0.916. The molecule has 0 aliphatic heterocycles. The predicted octanol–water partition coefficient (Wildman–Crippen LogP) is 3.30. The number of hydrogen-bond acceptors (Lipinski definition) is 5. The molecular weight excluding hydrogens is 375 g/mol. The van der Waals surface area contributed by atoms with E-state index in [-0.39, 0.29) is 18.4 Å². The van der Waals surface area contributed by atoms with Crippen molar-refractivity contribution >= 4 is 6.03 Å². The van der Waals surface area contributed by atoms with E-state index >= 15 is 0 Å². The van der Waals surface area contributed by atoms with Gasteiger partial charge in [-0.2, -0.15) is 0 Å². The normalized spacial score (nSPS) is 10.3. The first-order valence-electron chi connectivity index (χ1n) is 8.88. The number of carbonyl (C=O) groups is 1. The van der Waals surface area contributed by atoms with Crippen molar-refractivity contribution in [1.82, 2.24) is 20.6 Å².